The number of rotatable bonds is 10. The van der Waals surface area contributed by atoms with Gasteiger partial charge in [-0.3, -0.25) is 10.1 Å². The highest BCUT2D eigenvalue weighted by atomic mass is 16.6. The van der Waals surface area contributed by atoms with Crippen molar-refractivity contribution < 1.29 is 9.66 Å². The smallest absolute Gasteiger partial charge is 0.372 e. The standard InChI is InChI=1S/C15H24N4O3/c1-3-5-6-9-16-14-12(19(20)21)15(22-10-4-2)18-13(17-14)11-7-8-11/h11H,3-10H2,1-2H3,(H,16,17,18). The molecule has 1 N–H and O–H groups in total. The van der Waals surface area contributed by atoms with Crippen LogP contribution >= 0.6 is 0 Å². The Balaban J connectivity index is 2.25. The lowest BCUT2D eigenvalue weighted by atomic mass is 10.2. The molecule has 0 radical (unpaired) electrons. The summed E-state index contributed by atoms with van der Waals surface area (Å²) in [7, 11) is 0. The van der Waals surface area contributed by atoms with Gasteiger partial charge in [0, 0.05) is 12.5 Å². The average molecular weight is 308 g/mol. The molecule has 0 bridgehead atoms. The minimum absolute atomic E-state index is 0.0988. The Morgan fingerprint density at radius 1 is 1.27 bits per heavy atom. The van der Waals surface area contributed by atoms with Gasteiger partial charge in [0.15, 0.2) is 0 Å². The number of unbranched alkanes of at least 4 members (excludes halogenated alkanes) is 2. The first-order valence-electron chi connectivity index (χ1n) is 8.10. The summed E-state index contributed by atoms with van der Waals surface area (Å²) in [5.74, 6) is 1.38. The van der Waals surface area contributed by atoms with Crippen molar-refractivity contribution in [1.82, 2.24) is 9.97 Å². The monoisotopic (exact) mass is 308 g/mol. The quantitative estimate of drug-likeness (QED) is 0.403. The van der Waals surface area contributed by atoms with Crippen LogP contribution in [-0.2, 0) is 0 Å². The molecule has 0 spiro atoms. The average Bonchev–Trinajstić information content (AvgIpc) is 3.33. The maximum Gasteiger partial charge on any atom is 0.372 e. The highest BCUT2D eigenvalue weighted by Crippen LogP contribution is 2.42. The molecule has 122 valence electrons. The zero-order valence-corrected chi connectivity index (χ0v) is 13.3. The number of hydrogen-bond donors (Lipinski definition) is 1. The van der Waals surface area contributed by atoms with Crippen molar-refractivity contribution in [2.45, 2.75) is 58.3 Å². The zero-order valence-electron chi connectivity index (χ0n) is 13.3. The fourth-order valence-electron chi connectivity index (χ4n) is 2.14. The summed E-state index contributed by atoms with van der Waals surface area (Å²) in [6, 6.07) is 0. The van der Waals surface area contributed by atoms with E-state index in [1.807, 2.05) is 6.92 Å². The first-order chi connectivity index (χ1) is 10.7. The molecule has 1 aromatic rings. The topological polar surface area (TPSA) is 90.2 Å². The van der Waals surface area contributed by atoms with Crippen molar-refractivity contribution in [3.8, 4) is 5.88 Å². The second-order valence-electron chi connectivity index (χ2n) is 5.60. The summed E-state index contributed by atoms with van der Waals surface area (Å²) in [6.45, 7) is 5.16. The Hall–Kier alpha value is -1.92. The first kappa shape index (κ1) is 16.5. The number of hydrogen-bond acceptors (Lipinski definition) is 6. The van der Waals surface area contributed by atoms with Crippen LogP contribution in [0.25, 0.3) is 0 Å². The van der Waals surface area contributed by atoms with Crippen molar-refractivity contribution in [1.29, 1.82) is 0 Å². The minimum atomic E-state index is -0.455. The van der Waals surface area contributed by atoms with Crippen LogP contribution in [0.4, 0.5) is 11.5 Å². The predicted octanol–water partition coefficient (Wildman–Crippen LogP) is 3.65. The summed E-state index contributed by atoms with van der Waals surface area (Å²) in [5.41, 5.74) is -0.144. The molecule has 0 saturated heterocycles. The fourth-order valence-corrected chi connectivity index (χ4v) is 2.14. The van der Waals surface area contributed by atoms with Crippen molar-refractivity contribution >= 4 is 11.5 Å². The van der Waals surface area contributed by atoms with Crippen LogP contribution in [0.1, 0.15) is 64.1 Å². The Labute approximate surface area is 130 Å². The van der Waals surface area contributed by atoms with Gasteiger partial charge in [-0.25, -0.2) is 4.98 Å². The largest absolute Gasteiger partial charge is 0.473 e. The number of aromatic nitrogens is 2. The lowest BCUT2D eigenvalue weighted by Crippen LogP contribution is -2.11. The molecule has 0 aliphatic heterocycles. The summed E-state index contributed by atoms with van der Waals surface area (Å²) >= 11 is 0. The van der Waals surface area contributed by atoms with E-state index in [4.69, 9.17) is 4.74 Å². The molecule has 1 aliphatic rings. The molecule has 7 nitrogen and oxygen atoms in total. The van der Waals surface area contributed by atoms with Gasteiger partial charge in [-0.1, -0.05) is 26.7 Å². The molecule has 7 heteroatoms. The number of nitrogens with one attached hydrogen (secondary N) is 1. The minimum Gasteiger partial charge on any atom is -0.473 e. The van der Waals surface area contributed by atoms with Gasteiger partial charge in [-0.2, -0.15) is 4.98 Å². The molecule has 1 aromatic heterocycles. The lowest BCUT2D eigenvalue weighted by molar-refractivity contribution is -0.385. The van der Waals surface area contributed by atoms with E-state index in [9.17, 15) is 10.1 Å². The van der Waals surface area contributed by atoms with Gasteiger partial charge in [-0.15, -0.1) is 0 Å². The van der Waals surface area contributed by atoms with Crippen LogP contribution in [0.5, 0.6) is 5.88 Å². The van der Waals surface area contributed by atoms with Crippen LogP contribution in [0.3, 0.4) is 0 Å². The van der Waals surface area contributed by atoms with E-state index in [0.717, 1.165) is 38.5 Å². The predicted molar refractivity (Wildman–Crippen MR) is 84.5 cm³/mol. The Morgan fingerprint density at radius 2 is 2.05 bits per heavy atom. The van der Waals surface area contributed by atoms with Crippen LogP contribution in [0, 0.1) is 10.1 Å². The van der Waals surface area contributed by atoms with Gasteiger partial charge in [0.1, 0.15) is 5.82 Å². The van der Waals surface area contributed by atoms with Gasteiger partial charge < -0.3 is 10.1 Å². The Bertz CT molecular complexity index is 518. The summed E-state index contributed by atoms with van der Waals surface area (Å²) in [6.07, 6.45) is 6.01. The van der Waals surface area contributed by atoms with Crippen molar-refractivity contribution in [2.24, 2.45) is 0 Å². The second-order valence-corrected chi connectivity index (χ2v) is 5.60. The van der Waals surface area contributed by atoms with Crippen molar-refractivity contribution in [3.63, 3.8) is 0 Å². The highest BCUT2D eigenvalue weighted by molar-refractivity contribution is 5.62. The third kappa shape index (κ3) is 4.29. The molecule has 0 unspecified atom stereocenters. The van der Waals surface area contributed by atoms with E-state index in [1.165, 1.54) is 0 Å². The summed E-state index contributed by atoms with van der Waals surface area (Å²) in [5, 5.41) is 14.5. The van der Waals surface area contributed by atoms with Gasteiger partial charge >= 0.3 is 5.69 Å². The first-order valence-corrected chi connectivity index (χ1v) is 8.10. The van der Waals surface area contributed by atoms with E-state index in [2.05, 4.69) is 22.2 Å². The zero-order chi connectivity index (χ0) is 15.9. The molecule has 1 fully saturated rings. The van der Waals surface area contributed by atoms with E-state index in [0.29, 0.717) is 30.7 Å². The van der Waals surface area contributed by atoms with Crippen molar-refractivity contribution in [3.05, 3.63) is 15.9 Å². The molecular formula is C15H24N4O3. The second kappa shape index (κ2) is 7.91. The maximum absolute atomic E-state index is 11.4. The van der Waals surface area contributed by atoms with Crippen LogP contribution in [0.15, 0.2) is 0 Å². The number of nitrogens with zero attached hydrogens (tertiary/aromatic N) is 3. The van der Waals surface area contributed by atoms with Gasteiger partial charge in [-0.05, 0) is 25.7 Å². The van der Waals surface area contributed by atoms with Crippen LogP contribution in [-0.4, -0.2) is 28.0 Å². The van der Waals surface area contributed by atoms with Gasteiger partial charge in [0.25, 0.3) is 5.88 Å². The Kier molecular flexibility index (Phi) is 5.91. The normalized spacial score (nSPS) is 13.9. The molecule has 2 rings (SSSR count). The highest BCUT2D eigenvalue weighted by Gasteiger charge is 2.32. The van der Waals surface area contributed by atoms with Crippen LogP contribution in [0.2, 0.25) is 0 Å². The lowest BCUT2D eigenvalue weighted by Gasteiger charge is -2.11. The fraction of sp³-hybridized carbons (Fsp3) is 0.733. The molecule has 1 heterocycles. The molecule has 0 atom stereocenters. The molecule has 1 saturated carbocycles. The number of nitro groups is 1. The third-order valence-corrected chi connectivity index (χ3v) is 3.51. The third-order valence-electron chi connectivity index (χ3n) is 3.51. The Morgan fingerprint density at radius 3 is 2.64 bits per heavy atom. The van der Waals surface area contributed by atoms with E-state index >= 15 is 0 Å². The van der Waals surface area contributed by atoms with Gasteiger partial charge in [0.05, 0.1) is 11.5 Å². The molecule has 0 aromatic carbocycles. The van der Waals surface area contributed by atoms with E-state index in [-0.39, 0.29) is 11.6 Å². The van der Waals surface area contributed by atoms with E-state index in [1.54, 1.807) is 0 Å². The van der Waals surface area contributed by atoms with Crippen molar-refractivity contribution in [2.75, 3.05) is 18.5 Å². The molecular weight excluding hydrogens is 284 g/mol. The summed E-state index contributed by atoms with van der Waals surface area (Å²) < 4.78 is 5.50. The van der Waals surface area contributed by atoms with E-state index < -0.39 is 4.92 Å². The molecule has 22 heavy (non-hydrogen) atoms. The number of anilines is 1. The SMILES string of the molecule is CCCCCNc1nc(C2CC2)nc(OCCC)c1[N+](=O)[O-]. The molecule has 0 amide bonds. The summed E-state index contributed by atoms with van der Waals surface area (Å²) in [4.78, 5) is 19.6. The maximum atomic E-state index is 11.4. The van der Waals surface area contributed by atoms with Crippen LogP contribution < -0.4 is 10.1 Å². The molecule has 1 aliphatic carbocycles. The van der Waals surface area contributed by atoms with Gasteiger partial charge in [0.2, 0.25) is 5.82 Å². The number of ether oxygens (including phenoxy) is 1.